The SMILES string of the molecule is COc1ccc(COc2ccc(F)cc2F)cc1B(O)O. The van der Waals surface area contributed by atoms with Gasteiger partial charge in [-0.2, -0.15) is 0 Å². The van der Waals surface area contributed by atoms with Crippen LogP contribution in [0.1, 0.15) is 5.56 Å². The van der Waals surface area contributed by atoms with Crippen LogP contribution in [0.4, 0.5) is 8.78 Å². The van der Waals surface area contributed by atoms with Gasteiger partial charge in [-0.25, -0.2) is 8.78 Å². The van der Waals surface area contributed by atoms with Crippen molar-refractivity contribution in [2.24, 2.45) is 0 Å². The lowest BCUT2D eigenvalue weighted by Gasteiger charge is -2.11. The first-order valence-corrected chi connectivity index (χ1v) is 6.12. The molecule has 0 spiro atoms. The Labute approximate surface area is 120 Å². The maximum atomic E-state index is 13.4. The van der Waals surface area contributed by atoms with E-state index < -0.39 is 18.8 Å². The lowest BCUT2D eigenvalue weighted by molar-refractivity contribution is 0.289. The molecule has 7 heteroatoms. The van der Waals surface area contributed by atoms with Crippen LogP contribution in [0.3, 0.4) is 0 Å². The first-order chi connectivity index (χ1) is 10.0. The molecule has 0 unspecified atom stereocenters. The van der Waals surface area contributed by atoms with Crippen LogP contribution in [0.15, 0.2) is 36.4 Å². The van der Waals surface area contributed by atoms with Gasteiger partial charge in [0.25, 0.3) is 0 Å². The number of hydrogen-bond donors (Lipinski definition) is 2. The molecule has 0 amide bonds. The summed E-state index contributed by atoms with van der Waals surface area (Å²) in [6.45, 7) is -0.00767. The zero-order chi connectivity index (χ0) is 15.4. The average molecular weight is 294 g/mol. The van der Waals surface area contributed by atoms with Crippen LogP contribution in [-0.4, -0.2) is 24.3 Å². The predicted molar refractivity (Wildman–Crippen MR) is 73.5 cm³/mol. The molecule has 21 heavy (non-hydrogen) atoms. The highest BCUT2D eigenvalue weighted by Crippen LogP contribution is 2.19. The van der Waals surface area contributed by atoms with Crippen molar-refractivity contribution in [2.75, 3.05) is 7.11 Å². The molecular weight excluding hydrogens is 281 g/mol. The van der Waals surface area contributed by atoms with E-state index in [1.807, 2.05) is 0 Å². The van der Waals surface area contributed by atoms with E-state index >= 15 is 0 Å². The first-order valence-electron chi connectivity index (χ1n) is 6.12. The Morgan fingerprint density at radius 3 is 2.38 bits per heavy atom. The fourth-order valence-corrected chi connectivity index (χ4v) is 1.83. The van der Waals surface area contributed by atoms with Crippen LogP contribution in [0, 0.1) is 11.6 Å². The van der Waals surface area contributed by atoms with E-state index in [-0.39, 0.29) is 17.8 Å². The molecule has 0 aromatic heterocycles. The minimum absolute atomic E-state index is 0.00767. The molecule has 0 fully saturated rings. The lowest BCUT2D eigenvalue weighted by atomic mass is 9.79. The molecule has 0 saturated carbocycles. The molecule has 110 valence electrons. The van der Waals surface area contributed by atoms with Gasteiger partial charge >= 0.3 is 7.12 Å². The van der Waals surface area contributed by atoms with Crippen molar-refractivity contribution in [1.29, 1.82) is 0 Å². The third-order valence-electron chi connectivity index (χ3n) is 2.86. The molecule has 0 aliphatic heterocycles. The summed E-state index contributed by atoms with van der Waals surface area (Å²) in [5.74, 6) is -1.25. The zero-order valence-corrected chi connectivity index (χ0v) is 11.2. The molecule has 0 radical (unpaired) electrons. The van der Waals surface area contributed by atoms with E-state index in [1.165, 1.54) is 19.2 Å². The van der Waals surface area contributed by atoms with Gasteiger partial charge in [0, 0.05) is 11.5 Å². The van der Waals surface area contributed by atoms with Gasteiger partial charge in [0.1, 0.15) is 18.2 Å². The number of hydrogen-bond acceptors (Lipinski definition) is 4. The smallest absolute Gasteiger partial charge is 0.492 e. The largest absolute Gasteiger partial charge is 0.497 e. The van der Waals surface area contributed by atoms with E-state index in [2.05, 4.69) is 0 Å². The number of methoxy groups -OCH3 is 1. The summed E-state index contributed by atoms with van der Waals surface area (Å²) < 4.78 is 36.4. The average Bonchev–Trinajstić information content (AvgIpc) is 2.46. The van der Waals surface area contributed by atoms with Gasteiger partial charge in [-0.3, -0.25) is 0 Å². The molecule has 2 rings (SSSR count). The minimum Gasteiger partial charge on any atom is -0.497 e. The predicted octanol–water partition coefficient (Wildman–Crippen LogP) is 1.23. The van der Waals surface area contributed by atoms with E-state index in [0.29, 0.717) is 11.3 Å². The molecule has 0 aliphatic rings. The molecule has 0 saturated heterocycles. The van der Waals surface area contributed by atoms with Crippen molar-refractivity contribution in [2.45, 2.75) is 6.61 Å². The van der Waals surface area contributed by atoms with Crippen LogP contribution in [0.25, 0.3) is 0 Å². The minimum atomic E-state index is -1.69. The molecule has 0 heterocycles. The number of halogens is 2. The van der Waals surface area contributed by atoms with Crippen molar-refractivity contribution < 1.29 is 28.3 Å². The second kappa shape index (κ2) is 6.56. The second-order valence-corrected chi connectivity index (χ2v) is 4.31. The number of rotatable bonds is 5. The van der Waals surface area contributed by atoms with Crippen molar-refractivity contribution in [1.82, 2.24) is 0 Å². The molecule has 2 aromatic carbocycles. The molecule has 2 N–H and O–H groups in total. The zero-order valence-electron chi connectivity index (χ0n) is 11.2. The van der Waals surface area contributed by atoms with Crippen LogP contribution >= 0.6 is 0 Å². The molecule has 0 aliphatic carbocycles. The van der Waals surface area contributed by atoms with Crippen molar-refractivity contribution in [3.8, 4) is 11.5 Å². The summed E-state index contributed by atoms with van der Waals surface area (Å²) in [5, 5.41) is 18.5. The normalized spacial score (nSPS) is 10.3. The Morgan fingerprint density at radius 2 is 1.76 bits per heavy atom. The maximum Gasteiger partial charge on any atom is 0.492 e. The summed E-state index contributed by atoms with van der Waals surface area (Å²) in [6.07, 6.45) is 0. The van der Waals surface area contributed by atoms with Gasteiger partial charge in [-0.15, -0.1) is 0 Å². The van der Waals surface area contributed by atoms with Crippen LogP contribution in [-0.2, 0) is 6.61 Å². The molecule has 4 nitrogen and oxygen atoms in total. The van der Waals surface area contributed by atoms with Gasteiger partial charge in [0.05, 0.1) is 7.11 Å². The van der Waals surface area contributed by atoms with E-state index in [0.717, 1.165) is 12.1 Å². The van der Waals surface area contributed by atoms with Crippen LogP contribution in [0.5, 0.6) is 11.5 Å². The molecular formula is C14H13BF2O4. The van der Waals surface area contributed by atoms with E-state index in [9.17, 15) is 18.8 Å². The van der Waals surface area contributed by atoms with E-state index in [1.54, 1.807) is 12.1 Å². The molecule has 2 aromatic rings. The summed E-state index contributed by atoms with van der Waals surface area (Å²) in [7, 11) is -0.284. The van der Waals surface area contributed by atoms with E-state index in [4.69, 9.17) is 9.47 Å². The summed E-state index contributed by atoms with van der Waals surface area (Å²) in [6, 6.07) is 7.68. The van der Waals surface area contributed by atoms with Gasteiger partial charge in [-0.05, 0) is 23.8 Å². The number of benzene rings is 2. The highest BCUT2D eigenvalue weighted by molar-refractivity contribution is 6.59. The Balaban J connectivity index is 2.14. The highest BCUT2D eigenvalue weighted by atomic mass is 19.1. The lowest BCUT2D eigenvalue weighted by Crippen LogP contribution is -2.31. The Kier molecular flexibility index (Phi) is 4.77. The van der Waals surface area contributed by atoms with Gasteiger partial charge < -0.3 is 19.5 Å². The Hall–Kier alpha value is -2.12. The Morgan fingerprint density at radius 1 is 1.05 bits per heavy atom. The molecule has 0 bridgehead atoms. The highest BCUT2D eigenvalue weighted by Gasteiger charge is 2.17. The van der Waals surface area contributed by atoms with Crippen molar-refractivity contribution in [3.63, 3.8) is 0 Å². The monoisotopic (exact) mass is 294 g/mol. The summed E-state index contributed by atoms with van der Waals surface area (Å²) >= 11 is 0. The standard InChI is InChI=1S/C14H13BF2O4/c1-20-13-4-2-9(6-11(13)15(18)19)8-21-14-5-3-10(16)7-12(14)17/h2-7,18-19H,8H2,1H3. The second-order valence-electron chi connectivity index (χ2n) is 4.31. The topological polar surface area (TPSA) is 58.9 Å². The van der Waals surface area contributed by atoms with Gasteiger partial charge in [0.2, 0.25) is 0 Å². The van der Waals surface area contributed by atoms with Crippen molar-refractivity contribution in [3.05, 3.63) is 53.6 Å². The summed E-state index contributed by atoms with van der Waals surface area (Å²) in [5.41, 5.74) is 0.765. The van der Waals surface area contributed by atoms with Gasteiger partial charge in [0.15, 0.2) is 11.6 Å². The third-order valence-corrected chi connectivity index (χ3v) is 2.86. The van der Waals surface area contributed by atoms with Crippen molar-refractivity contribution >= 4 is 12.6 Å². The molecule has 0 atom stereocenters. The maximum absolute atomic E-state index is 13.4. The summed E-state index contributed by atoms with van der Waals surface area (Å²) in [4.78, 5) is 0. The fraction of sp³-hybridized carbons (Fsp3) is 0.143. The number of ether oxygens (including phenoxy) is 2. The first kappa shape index (κ1) is 15.3. The van der Waals surface area contributed by atoms with Gasteiger partial charge in [-0.1, -0.05) is 12.1 Å². The van der Waals surface area contributed by atoms with Crippen LogP contribution < -0.4 is 14.9 Å². The van der Waals surface area contributed by atoms with Crippen LogP contribution in [0.2, 0.25) is 0 Å². The Bertz CT molecular complexity index is 634. The fourth-order valence-electron chi connectivity index (χ4n) is 1.83. The quantitative estimate of drug-likeness (QED) is 0.814. The third kappa shape index (κ3) is 3.71.